The van der Waals surface area contributed by atoms with Gasteiger partial charge in [0.15, 0.2) is 0 Å². The molecular formula is C47H42N3O2P. The summed E-state index contributed by atoms with van der Waals surface area (Å²) in [5.41, 5.74) is 2.66. The molecule has 6 heteroatoms. The van der Waals surface area contributed by atoms with Crippen molar-refractivity contribution in [3.8, 4) is 5.75 Å². The number of hydrogen-bond acceptors (Lipinski definition) is 4. The van der Waals surface area contributed by atoms with Crippen molar-refractivity contribution in [2.24, 2.45) is 11.8 Å². The Balaban J connectivity index is 1.20. The molecule has 0 aliphatic carbocycles. The van der Waals surface area contributed by atoms with Crippen molar-refractivity contribution in [2.75, 3.05) is 20.2 Å². The van der Waals surface area contributed by atoms with Crippen LogP contribution in [-0.4, -0.2) is 42.0 Å². The lowest BCUT2D eigenvalue weighted by molar-refractivity contribution is 0.00171. The van der Waals surface area contributed by atoms with Crippen molar-refractivity contribution in [3.63, 3.8) is 0 Å². The number of piperidine rings is 3. The second kappa shape index (κ2) is 14.2. The first kappa shape index (κ1) is 33.5. The summed E-state index contributed by atoms with van der Waals surface area (Å²) in [6, 6.07) is 46.6. The second-order valence-corrected chi connectivity index (χ2v) is 16.4. The Morgan fingerprint density at radius 2 is 1.49 bits per heavy atom. The molecular weight excluding hydrogens is 670 g/mol. The largest absolute Gasteiger partial charge is 0.497 e. The Labute approximate surface area is 312 Å². The zero-order valence-corrected chi connectivity index (χ0v) is 30.8. The van der Waals surface area contributed by atoms with E-state index < -0.39 is 7.92 Å². The highest BCUT2D eigenvalue weighted by atomic mass is 31.1. The Morgan fingerprint density at radius 3 is 2.17 bits per heavy atom. The zero-order valence-electron chi connectivity index (χ0n) is 29.9. The Hall–Kier alpha value is -5.35. The third-order valence-corrected chi connectivity index (χ3v) is 14.2. The number of carbonyl (C=O) groups is 1. The fraction of sp³-hybridized carbons (Fsp3) is 0.191. The van der Waals surface area contributed by atoms with Gasteiger partial charge in [0.25, 0.3) is 5.91 Å². The fourth-order valence-electron chi connectivity index (χ4n) is 8.93. The summed E-state index contributed by atoms with van der Waals surface area (Å²) in [7, 11) is 0.544. The van der Waals surface area contributed by atoms with Crippen LogP contribution in [0.25, 0.3) is 32.4 Å². The van der Waals surface area contributed by atoms with Gasteiger partial charge in [0, 0.05) is 29.7 Å². The van der Waals surface area contributed by atoms with Crippen LogP contribution >= 0.6 is 7.92 Å². The van der Waals surface area contributed by atoms with E-state index >= 15 is 4.79 Å². The third-order valence-electron chi connectivity index (χ3n) is 11.5. The van der Waals surface area contributed by atoms with Crippen molar-refractivity contribution in [3.05, 3.63) is 163 Å². The molecule has 1 amide bonds. The fourth-order valence-corrected chi connectivity index (χ4v) is 11.7. The van der Waals surface area contributed by atoms with Crippen LogP contribution in [-0.2, 0) is 0 Å². The minimum Gasteiger partial charge on any atom is -0.497 e. The maximum atomic E-state index is 15.2. The molecule has 5 atom stereocenters. The molecule has 0 radical (unpaired) electrons. The van der Waals surface area contributed by atoms with Crippen LogP contribution < -0.4 is 26.0 Å². The van der Waals surface area contributed by atoms with Crippen LogP contribution in [0.15, 0.2) is 152 Å². The molecule has 0 spiro atoms. The first-order valence-electron chi connectivity index (χ1n) is 18.6. The van der Waals surface area contributed by atoms with Gasteiger partial charge in [-0.3, -0.25) is 14.7 Å². The highest BCUT2D eigenvalue weighted by Crippen LogP contribution is 2.43. The van der Waals surface area contributed by atoms with Gasteiger partial charge >= 0.3 is 0 Å². The van der Waals surface area contributed by atoms with E-state index in [0.29, 0.717) is 17.4 Å². The highest BCUT2D eigenvalue weighted by molar-refractivity contribution is 7.80. The molecule has 3 aliphatic heterocycles. The molecule has 5 unspecified atom stereocenters. The van der Waals surface area contributed by atoms with Crippen LogP contribution in [0, 0.1) is 11.8 Å². The maximum absolute atomic E-state index is 15.2. The maximum Gasteiger partial charge on any atom is 0.252 e. The minimum atomic E-state index is -1.15. The number of nitrogens with one attached hydrogen (secondary N) is 1. The molecule has 7 aromatic rings. The number of aromatic nitrogens is 1. The predicted octanol–water partition coefficient (Wildman–Crippen LogP) is 8.68. The number of rotatable bonds is 9. The number of hydrogen-bond donors (Lipinski definition) is 1. The highest BCUT2D eigenvalue weighted by Gasteiger charge is 2.43. The monoisotopic (exact) mass is 711 g/mol. The van der Waals surface area contributed by atoms with Gasteiger partial charge in [-0.2, -0.15) is 0 Å². The molecule has 0 saturated carbocycles. The molecule has 4 heterocycles. The molecule has 10 rings (SSSR count). The second-order valence-electron chi connectivity index (χ2n) is 14.3. The summed E-state index contributed by atoms with van der Waals surface area (Å²) < 4.78 is 5.68. The molecule has 1 aromatic heterocycles. The molecule has 6 aromatic carbocycles. The van der Waals surface area contributed by atoms with E-state index in [4.69, 9.17) is 9.72 Å². The topological polar surface area (TPSA) is 54.5 Å². The Morgan fingerprint density at radius 1 is 0.830 bits per heavy atom. The van der Waals surface area contributed by atoms with E-state index in [1.807, 2.05) is 30.5 Å². The summed E-state index contributed by atoms with van der Waals surface area (Å²) in [6.07, 6.45) is 6.16. The van der Waals surface area contributed by atoms with E-state index in [9.17, 15) is 0 Å². The van der Waals surface area contributed by atoms with Crippen LogP contribution in [0.5, 0.6) is 5.75 Å². The van der Waals surface area contributed by atoms with Crippen LogP contribution in [0.2, 0.25) is 0 Å². The standard InChI is InChI=1S/C47H42N3O2P/c1-3-31-30-50-27-25-34(31)28-42(50)46(38-24-26-48-41-23-22-35(52-2)29-40(38)41)49-47(51)39-18-8-9-19-45(39)53(43-20-10-14-32-12-4-6-16-36(32)43)44-21-11-15-33-13-5-7-17-37(33)44/h3-24,26,29,31,34,42,46H,1,25,27-28,30H2,2H3,(H,49,51). The van der Waals surface area contributed by atoms with Crippen molar-refractivity contribution >= 4 is 62.2 Å². The summed E-state index contributed by atoms with van der Waals surface area (Å²) >= 11 is 0. The van der Waals surface area contributed by atoms with Crippen LogP contribution in [0.4, 0.5) is 0 Å². The molecule has 3 fully saturated rings. The molecule has 262 valence electrons. The van der Waals surface area contributed by atoms with Gasteiger partial charge in [0.2, 0.25) is 0 Å². The predicted molar refractivity (Wildman–Crippen MR) is 220 cm³/mol. The lowest BCUT2D eigenvalue weighted by Gasteiger charge is -2.51. The number of fused-ring (bicyclic) bond motifs is 6. The Bertz CT molecular complexity index is 2410. The first-order chi connectivity index (χ1) is 26.1. The van der Waals surface area contributed by atoms with Gasteiger partial charge in [0.1, 0.15) is 5.75 Å². The molecule has 1 N–H and O–H groups in total. The smallest absolute Gasteiger partial charge is 0.252 e. The number of pyridine rings is 1. The summed E-state index contributed by atoms with van der Waals surface area (Å²) in [5, 5.41) is 13.0. The summed E-state index contributed by atoms with van der Waals surface area (Å²) in [4.78, 5) is 22.5. The molecule has 2 bridgehead atoms. The number of amides is 1. The lowest BCUT2D eigenvalue weighted by Crippen LogP contribution is -2.57. The van der Waals surface area contributed by atoms with Crippen LogP contribution in [0.1, 0.15) is 34.8 Å². The lowest BCUT2D eigenvalue weighted by atomic mass is 9.73. The molecule has 3 aliphatic rings. The van der Waals surface area contributed by atoms with Crippen molar-refractivity contribution in [2.45, 2.75) is 24.9 Å². The van der Waals surface area contributed by atoms with Crippen molar-refractivity contribution in [1.82, 2.24) is 15.2 Å². The van der Waals surface area contributed by atoms with E-state index in [1.165, 1.54) is 32.2 Å². The van der Waals surface area contributed by atoms with Crippen molar-refractivity contribution in [1.29, 1.82) is 0 Å². The first-order valence-corrected chi connectivity index (χ1v) is 19.9. The number of methoxy groups -OCH3 is 1. The van der Waals surface area contributed by atoms with Gasteiger partial charge in [-0.25, -0.2) is 0 Å². The molecule has 5 nitrogen and oxygen atoms in total. The van der Waals surface area contributed by atoms with E-state index in [2.05, 4.69) is 132 Å². The van der Waals surface area contributed by atoms with E-state index in [-0.39, 0.29) is 18.0 Å². The van der Waals surface area contributed by atoms with Gasteiger partial charge < -0.3 is 10.1 Å². The Kier molecular flexibility index (Phi) is 8.99. The molecule has 3 saturated heterocycles. The van der Waals surface area contributed by atoms with Gasteiger partial charge in [-0.15, -0.1) is 6.58 Å². The summed E-state index contributed by atoms with van der Waals surface area (Å²) in [5.74, 6) is 1.73. The SMILES string of the molecule is C=CC1CN2CCC1CC2C(NC(=O)c1ccccc1P(c1cccc2ccccc12)c1cccc2ccccc12)c1ccnc2ccc(OC)cc12. The third kappa shape index (κ3) is 6.08. The summed E-state index contributed by atoms with van der Waals surface area (Å²) in [6.45, 7) is 6.15. The minimum absolute atomic E-state index is 0.0608. The normalized spacial score (nSPS) is 20.1. The van der Waals surface area contributed by atoms with Crippen LogP contribution in [0.3, 0.4) is 0 Å². The molecule has 53 heavy (non-hydrogen) atoms. The van der Waals surface area contributed by atoms with E-state index in [0.717, 1.165) is 53.5 Å². The zero-order chi connectivity index (χ0) is 35.9. The average Bonchev–Trinajstić information content (AvgIpc) is 3.23. The van der Waals surface area contributed by atoms with E-state index in [1.54, 1.807) is 7.11 Å². The van der Waals surface area contributed by atoms with Gasteiger partial charge in [-0.1, -0.05) is 109 Å². The number of carbonyl (C=O) groups excluding carboxylic acids is 1. The quantitative estimate of drug-likeness (QED) is 0.120. The number of nitrogens with zero attached hydrogens (tertiary/aromatic N) is 2. The average molecular weight is 712 g/mol. The number of benzene rings is 6. The number of ether oxygens (including phenoxy) is 1. The van der Waals surface area contributed by atoms with Crippen molar-refractivity contribution < 1.29 is 9.53 Å². The van der Waals surface area contributed by atoms with Gasteiger partial charge in [-0.05, 0) is 112 Å². The van der Waals surface area contributed by atoms with Gasteiger partial charge in [0.05, 0.1) is 18.7 Å².